The predicted molar refractivity (Wildman–Crippen MR) is 119 cm³/mol. The van der Waals surface area contributed by atoms with Gasteiger partial charge in [0.25, 0.3) is 0 Å². The molecule has 0 bridgehead atoms. The average molecular weight is 456 g/mol. The normalized spacial score (nSPS) is 15.7. The summed E-state index contributed by atoms with van der Waals surface area (Å²) < 4.78 is 8.18. The highest BCUT2D eigenvalue weighted by Crippen LogP contribution is 2.44. The fourth-order valence-electron chi connectivity index (χ4n) is 3.80. The number of hydrogen-bond donors (Lipinski definition) is 1. The first-order valence-corrected chi connectivity index (χ1v) is 11.2. The van der Waals surface area contributed by atoms with Gasteiger partial charge in [0.15, 0.2) is 0 Å². The van der Waals surface area contributed by atoms with Crippen LogP contribution in [0.2, 0.25) is 0 Å². The molecule has 0 saturated heterocycles. The third kappa shape index (κ3) is 3.35. The van der Waals surface area contributed by atoms with Crippen LogP contribution in [0.1, 0.15) is 35.4 Å². The number of fused-ring (bicyclic) bond motifs is 2. The summed E-state index contributed by atoms with van der Waals surface area (Å²) in [7, 11) is 0. The summed E-state index contributed by atoms with van der Waals surface area (Å²) in [6.07, 6.45) is 0.217. The van der Waals surface area contributed by atoms with Crippen LogP contribution in [0.5, 0.6) is 5.75 Å². The van der Waals surface area contributed by atoms with Crippen LogP contribution in [0.15, 0.2) is 30.3 Å². The van der Waals surface area contributed by atoms with Crippen LogP contribution in [0.3, 0.4) is 0 Å². The molecule has 1 aromatic carbocycles. The van der Waals surface area contributed by atoms with E-state index in [1.54, 1.807) is 10.7 Å². The number of hydrogen-bond acceptors (Lipinski definition) is 8. The van der Waals surface area contributed by atoms with Gasteiger partial charge in [-0.05, 0) is 38.1 Å². The van der Waals surface area contributed by atoms with Gasteiger partial charge in [-0.2, -0.15) is 9.78 Å². The van der Waals surface area contributed by atoms with Crippen LogP contribution >= 0.6 is 22.7 Å². The second-order valence-corrected chi connectivity index (χ2v) is 9.16. The lowest BCUT2D eigenvalue weighted by molar-refractivity contribution is -0.380. The smallest absolute Gasteiger partial charge is 0.324 e. The lowest BCUT2D eigenvalue weighted by Crippen LogP contribution is -2.24. The molecule has 4 heterocycles. The van der Waals surface area contributed by atoms with Gasteiger partial charge in [0.05, 0.1) is 27.4 Å². The van der Waals surface area contributed by atoms with Crippen LogP contribution in [-0.2, 0) is 4.79 Å². The number of anilines is 1. The standard InChI is InChI=1S/C20H17N5O4S2/c1-3-29-11-4-5-13-15(8-11)31-20(21-13)24-19-18(10(2)23-24)12(9-16(26)22-19)14-6-7-17(30-14)25(27)28/h4-8,12H,3,9H2,1-2H3,(H,22,26). The second-order valence-electron chi connectivity index (χ2n) is 7.06. The Labute approximate surface area is 184 Å². The van der Waals surface area contributed by atoms with E-state index in [9.17, 15) is 14.9 Å². The van der Waals surface area contributed by atoms with Crippen molar-refractivity contribution in [3.05, 3.63) is 56.6 Å². The number of nitrogens with one attached hydrogen (secondary N) is 1. The molecule has 0 aliphatic carbocycles. The Balaban J connectivity index is 1.60. The van der Waals surface area contributed by atoms with Gasteiger partial charge in [0.2, 0.25) is 11.0 Å². The minimum Gasteiger partial charge on any atom is -0.494 e. The first kappa shape index (κ1) is 19.6. The summed E-state index contributed by atoms with van der Waals surface area (Å²) in [6, 6.07) is 8.92. The number of benzene rings is 1. The number of aryl methyl sites for hydroxylation is 1. The molecule has 0 spiro atoms. The molecule has 158 valence electrons. The average Bonchev–Trinajstić information content (AvgIpc) is 3.44. The van der Waals surface area contributed by atoms with E-state index in [1.807, 2.05) is 32.0 Å². The first-order chi connectivity index (χ1) is 14.9. The highest BCUT2D eigenvalue weighted by Gasteiger charge is 2.34. The van der Waals surface area contributed by atoms with Gasteiger partial charge in [-0.25, -0.2) is 4.98 Å². The highest BCUT2D eigenvalue weighted by molar-refractivity contribution is 7.20. The summed E-state index contributed by atoms with van der Waals surface area (Å²) >= 11 is 2.55. The van der Waals surface area contributed by atoms with Crippen molar-refractivity contribution in [1.29, 1.82) is 0 Å². The minimum absolute atomic E-state index is 0.0591. The van der Waals surface area contributed by atoms with E-state index in [0.29, 0.717) is 17.6 Å². The Kier molecular flexibility index (Phi) is 4.71. The Morgan fingerprint density at radius 2 is 2.16 bits per heavy atom. The molecule has 3 aromatic heterocycles. The quantitative estimate of drug-likeness (QED) is 0.347. The molecule has 1 unspecified atom stereocenters. The molecule has 5 rings (SSSR count). The summed E-state index contributed by atoms with van der Waals surface area (Å²) in [5.74, 6) is 0.903. The van der Waals surface area contributed by atoms with Crippen molar-refractivity contribution in [1.82, 2.24) is 14.8 Å². The molecule has 1 amide bonds. The van der Waals surface area contributed by atoms with Gasteiger partial charge in [0, 0.05) is 28.8 Å². The van der Waals surface area contributed by atoms with Crippen molar-refractivity contribution >= 4 is 49.6 Å². The van der Waals surface area contributed by atoms with E-state index in [2.05, 4.69) is 15.4 Å². The summed E-state index contributed by atoms with van der Waals surface area (Å²) in [4.78, 5) is 28.7. The number of carbonyl (C=O) groups is 1. The van der Waals surface area contributed by atoms with E-state index in [0.717, 1.165) is 43.4 Å². The van der Waals surface area contributed by atoms with Gasteiger partial charge in [-0.1, -0.05) is 22.7 Å². The summed E-state index contributed by atoms with van der Waals surface area (Å²) in [5.41, 5.74) is 2.44. The van der Waals surface area contributed by atoms with E-state index in [-0.39, 0.29) is 23.2 Å². The van der Waals surface area contributed by atoms with Crippen molar-refractivity contribution in [2.45, 2.75) is 26.2 Å². The van der Waals surface area contributed by atoms with E-state index >= 15 is 0 Å². The van der Waals surface area contributed by atoms with E-state index < -0.39 is 4.92 Å². The van der Waals surface area contributed by atoms with Crippen LogP contribution in [-0.4, -0.2) is 32.2 Å². The largest absolute Gasteiger partial charge is 0.494 e. The Morgan fingerprint density at radius 1 is 1.32 bits per heavy atom. The molecule has 31 heavy (non-hydrogen) atoms. The van der Waals surface area contributed by atoms with Crippen molar-refractivity contribution in [2.24, 2.45) is 0 Å². The van der Waals surface area contributed by atoms with E-state index in [1.165, 1.54) is 17.4 Å². The second kappa shape index (κ2) is 7.43. The van der Waals surface area contributed by atoms with Crippen LogP contribution in [0, 0.1) is 17.0 Å². The lowest BCUT2D eigenvalue weighted by atomic mass is 9.91. The van der Waals surface area contributed by atoms with E-state index in [4.69, 9.17) is 4.74 Å². The summed E-state index contributed by atoms with van der Waals surface area (Å²) in [6.45, 7) is 4.39. The Bertz CT molecular complexity index is 1340. The molecule has 11 heteroatoms. The molecule has 1 aliphatic heterocycles. The molecule has 4 aromatic rings. The van der Waals surface area contributed by atoms with Crippen molar-refractivity contribution in [3.63, 3.8) is 0 Å². The Hall–Kier alpha value is -3.31. The lowest BCUT2D eigenvalue weighted by Gasteiger charge is -2.22. The minimum atomic E-state index is -0.411. The third-order valence-corrected chi connectivity index (χ3v) is 7.22. The maximum Gasteiger partial charge on any atom is 0.324 e. The van der Waals surface area contributed by atoms with Crippen LogP contribution in [0.4, 0.5) is 10.8 Å². The molecule has 1 aliphatic rings. The molecule has 1 atom stereocenters. The zero-order valence-electron chi connectivity index (χ0n) is 16.6. The fourth-order valence-corrected chi connectivity index (χ4v) is 5.68. The molecular weight excluding hydrogens is 438 g/mol. The zero-order chi connectivity index (χ0) is 21.7. The highest BCUT2D eigenvalue weighted by atomic mass is 32.1. The molecule has 0 fully saturated rings. The van der Waals surface area contributed by atoms with Crippen molar-refractivity contribution in [2.75, 3.05) is 11.9 Å². The van der Waals surface area contributed by atoms with Crippen molar-refractivity contribution < 1.29 is 14.5 Å². The van der Waals surface area contributed by atoms with Gasteiger partial charge in [-0.15, -0.1) is 0 Å². The number of thiophene rings is 1. The maximum absolute atomic E-state index is 12.5. The topological polar surface area (TPSA) is 112 Å². The number of carbonyl (C=O) groups excluding carboxylic acids is 1. The number of rotatable bonds is 5. The van der Waals surface area contributed by atoms with Crippen LogP contribution < -0.4 is 10.1 Å². The number of thiazole rings is 1. The Morgan fingerprint density at radius 3 is 2.90 bits per heavy atom. The van der Waals surface area contributed by atoms with Gasteiger partial charge >= 0.3 is 5.00 Å². The molecule has 0 radical (unpaired) electrons. The number of ether oxygens (including phenoxy) is 1. The number of nitrogens with zero attached hydrogens (tertiary/aromatic N) is 4. The molecular formula is C20H17N5O4S2. The monoisotopic (exact) mass is 455 g/mol. The third-order valence-electron chi connectivity index (χ3n) is 5.08. The van der Waals surface area contributed by atoms with Gasteiger partial charge < -0.3 is 10.1 Å². The number of nitro groups is 1. The molecule has 0 saturated carbocycles. The first-order valence-electron chi connectivity index (χ1n) is 9.62. The van der Waals surface area contributed by atoms with Gasteiger partial charge in [0.1, 0.15) is 11.6 Å². The number of amides is 1. The summed E-state index contributed by atoms with van der Waals surface area (Å²) in [5, 5.41) is 19.4. The molecule has 9 nitrogen and oxygen atoms in total. The fraction of sp³-hybridized carbons (Fsp3) is 0.250. The van der Waals surface area contributed by atoms with Gasteiger partial charge in [-0.3, -0.25) is 14.9 Å². The SMILES string of the molecule is CCOc1ccc2nc(-n3nc(C)c4c3NC(=O)CC4c3ccc([N+](=O)[O-])s3)sc2c1. The predicted octanol–water partition coefficient (Wildman–Crippen LogP) is 4.63. The molecule has 1 N–H and O–H groups in total. The van der Waals surface area contributed by atoms with Crippen LogP contribution in [0.25, 0.3) is 15.3 Å². The maximum atomic E-state index is 12.5. The van der Waals surface area contributed by atoms with Crippen molar-refractivity contribution in [3.8, 4) is 10.9 Å². The number of aromatic nitrogens is 3. The zero-order valence-corrected chi connectivity index (χ0v) is 18.2.